The minimum absolute atomic E-state index is 0.0649. The fraction of sp³-hybridized carbons (Fsp3) is 0.417. The molecule has 1 saturated heterocycles. The average molecular weight is 259 g/mol. The highest BCUT2D eigenvalue weighted by atomic mass is 35.5. The minimum atomic E-state index is -0.385. The van der Waals surface area contributed by atoms with Gasteiger partial charge >= 0.3 is 0 Å². The van der Waals surface area contributed by atoms with Gasteiger partial charge < -0.3 is 0 Å². The summed E-state index contributed by atoms with van der Waals surface area (Å²) < 4.78 is 13.5. The lowest BCUT2D eigenvalue weighted by Crippen LogP contribution is -2.17. The third-order valence-electron chi connectivity index (χ3n) is 2.67. The molecule has 1 aromatic carbocycles. The van der Waals surface area contributed by atoms with E-state index in [1.165, 1.54) is 6.07 Å². The number of hydrogen-bond acceptors (Lipinski definition) is 2. The highest BCUT2D eigenvalue weighted by Gasteiger charge is 2.23. The zero-order chi connectivity index (χ0) is 11.5. The molecule has 0 saturated carbocycles. The molecule has 0 bridgehead atoms. The number of halogens is 2. The molecule has 0 radical (unpaired) electrons. The van der Waals surface area contributed by atoms with E-state index in [0.29, 0.717) is 10.6 Å². The number of hydrogen-bond donors (Lipinski definition) is 0. The van der Waals surface area contributed by atoms with E-state index in [0.717, 1.165) is 18.6 Å². The van der Waals surface area contributed by atoms with Crippen LogP contribution in [0.25, 0.3) is 0 Å². The topological polar surface area (TPSA) is 17.1 Å². The van der Waals surface area contributed by atoms with Gasteiger partial charge in [-0.3, -0.25) is 4.79 Å². The smallest absolute Gasteiger partial charge is 0.150 e. The van der Waals surface area contributed by atoms with Gasteiger partial charge in [-0.05, 0) is 36.3 Å². The Kier molecular flexibility index (Phi) is 3.87. The van der Waals surface area contributed by atoms with Crippen LogP contribution in [-0.4, -0.2) is 16.8 Å². The van der Waals surface area contributed by atoms with Crippen molar-refractivity contribution in [1.82, 2.24) is 0 Å². The second kappa shape index (κ2) is 5.19. The summed E-state index contributed by atoms with van der Waals surface area (Å²) in [4.78, 5) is 11.8. The van der Waals surface area contributed by atoms with Crippen molar-refractivity contribution in [3.8, 4) is 0 Å². The van der Waals surface area contributed by atoms with Crippen LogP contribution < -0.4 is 0 Å². The van der Waals surface area contributed by atoms with Gasteiger partial charge in [-0.15, -0.1) is 0 Å². The Labute approximate surface area is 103 Å². The van der Waals surface area contributed by atoms with Crippen LogP contribution in [-0.2, 0) is 11.2 Å². The number of thioether (sulfide) groups is 1. The Hall–Kier alpha value is -0.540. The predicted octanol–water partition coefficient (Wildman–Crippen LogP) is 3.49. The fourth-order valence-corrected chi connectivity index (χ4v) is 3.18. The number of carbonyl (C=O) groups is 1. The molecule has 0 aromatic heterocycles. The van der Waals surface area contributed by atoms with E-state index < -0.39 is 0 Å². The van der Waals surface area contributed by atoms with Crippen LogP contribution >= 0.6 is 23.4 Å². The fourth-order valence-electron chi connectivity index (χ4n) is 1.80. The van der Waals surface area contributed by atoms with Crippen LogP contribution in [0.2, 0.25) is 5.02 Å². The maximum absolute atomic E-state index is 13.5. The monoisotopic (exact) mass is 258 g/mol. The second-order valence-corrected chi connectivity index (χ2v) is 5.63. The van der Waals surface area contributed by atoms with Gasteiger partial charge in [-0.2, -0.15) is 11.8 Å². The van der Waals surface area contributed by atoms with Gasteiger partial charge in [0.05, 0.1) is 5.25 Å². The van der Waals surface area contributed by atoms with Crippen LogP contribution in [0.4, 0.5) is 4.39 Å². The van der Waals surface area contributed by atoms with Gasteiger partial charge in [0.2, 0.25) is 0 Å². The number of benzene rings is 1. The summed E-state index contributed by atoms with van der Waals surface area (Å²) in [6, 6.07) is 4.47. The molecule has 1 unspecified atom stereocenters. The number of ketones is 1. The molecule has 0 spiro atoms. The lowest BCUT2D eigenvalue weighted by molar-refractivity contribution is -0.118. The summed E-state index contributed by atoms with van der Waals surface area (Å²) in [5.41, 5.74) is 0.446. The maximum Gasteiger partial charge on any atom is 0.150 e. The lowest BCUT2D eigenvalue weighted by atomic mass is 10.0. The maximum atomic E-state index is 13.5. The summed E-state index contributed by atoms with van der Waals surface area (Å²) in [5, 5.41) is 0.430. The van der Waals surface area contributed by atoms with Gasteiger partial charge in [-0.25, -0.2) is 4.39 Å². The lowest BCUT2D eigenvalue weighted by Gasteiger charge is -2.08. The highest BCUT2D eigenvalue weighted by molar-refractivity contribution is 8.00. The van der Waals surface area contributed by atoms with Gasteiger partial charge in [0.1, 0.15) is 11.6 Å². The van der Waals surface area contributed by atoms with Gasteiger partial charge in [0, 0.05) is 11.4 Å². The van der Waals surface area contributed by atoms with Gasteiger partial charge in [0.15, 0.2) is 0 Å². The van der Waals surface area contributed by atoms with Crippen LogP contribution in [0.1, 0.15) is 18.4 Å². The third kappa shape index (κ3) is 2.77. The summed E-state index contributed by atoms with van der Waals surface area (Å²) in [7, 11) is 0. The standard InChI is InChI=1S/C12H12ClFOS/c13-9-4-3-8(10(14)7-9)6-11(15)12-2-1-5-16-12/h3-4,7,12H,1-2,5-6H2. The molecule has 0 N–H and O–H groups in total. The molecule has 0 aliphatic carbocycles. The molecule has 1 heterocycles. The molecule has 86 valence electrons. The Balaban J connectivity index is 2.05. The van der Waals surface area contributed by atoms with Crippen molar-refractivity contribution >= 4 is 29.1 Å². The predicted molar refractivity (Wildman–Crippen MR) is 65.6 cm³/mol. The summed E-state index contributed by atoms with van der Waals surface area (Å²) in [5.74, 6) is 0.784. The van der Waals surface area contributed by atoms with Gasteiger partial charge in [0.25, 0.3) is 0 Å². The number of rotatable bonds is 3. The van der Waals surface area contributed by atoms with Crippen LogP contribution in [0.15, 0.2) is 18.2 Å². The van der Waals surface area contributed by atoms with E-state index in [2.05, 4.69) is 0 Å². The molecule has 1 fully saturated rings. The summed E-state index contributed by atoms with van der Waals surface area (Å²) in [6.45, 7) is 0. The Bertz CT molecular complexity index is 402. The SMILES string of the molecule is O=C(Cc1ccc(Cl)cc1F)C1CCCS1. The molecular formula is C12H12ClFOS. The number of carbonyl (C=O) groups excluding carboxylic acids is 1. The molecule has 1 aliphatic rings. The highest BCUT2D eigenvalue weighted by Crippen LogP contribution is 2.28. The molecule has 0 amide bonds. The summed E-state index contributed by atoms with van der Waals surface area (Å²) >= 11 is 7.33. The van der Waals surface area contributed by atoms with Crippen molar-refractivity contribution < 1.29 is 9.18 Å². The first-order chi connectivity index (χ1) is 7.66. The largest absolute Gasteiger partial charge is 0.298 e. The molecule has 1 atom stereocenters. The molecule has 1 nitrogen and oxygen atoms in total. The molecular weight excluding hydrogens is 247 g/mol. The van der Waals surface area contributed by atoms with E-state index in [9.17, 15) is 9.18 Å². The summed E-state index contributed by atoms with van der Waals surface area (Å²) in [6.07, 6.45) is 2.20. The van der Waals surface area contributed by atoms with Crippen molar-refractivity contribution in [3.63, 3.8) is 0 Å². The first kappa shape index (κ1) is 11.9. The van der Waals surface area contributed by atoms with Gasteiger partial charge in [-0.1, -0.05) is 17.7 Å². The number of Topliss-reactive ketones (excluding diaryl/α,β-unsaturated/α-hetero) is 1. The second-order valence-electron chi connectivity index (χ2n) is 3.88. The minimum Gasteiger partial charge on any atom is -0.298 e. The van der Waals surface area contributed by atoms with Crippen LogP contribution in [0.5, 0.6) is 0 Å². The van der Waals surface area contributed by atoms with Crippen molar-refractivity contribution in [2.45, 2.75) is 24.5 Å². The Morgan fingerprint density at radius 2 is 2.38 bits per heavy atom. The third-order valence-corrected chi connectivity index (χ3v) is 4.33. The van der Waals surface area contributed by atoms with Crippen molar-refractivity contribution in [2.75, 3.05) is 5.75 Å². The normalized spacial score (nSPS) is 20.0. The van der Waals surface area contributed by atoms with E-state index in [4.69, 9.17) is 11.6 Å². The zero-order valence-corrected chi connectivity index (χ0v) is 10.3. The van der Waals surface area contributed by atoms with Crippen LogP contribution in [0.3, 0.4) is 0 Å². The van der Waals surface area contributed by atoms with E-state index in [-0.39, 0.29) is 23.3 Å². The molecule has 16 heavy (non-hydrogen) atoms. The molecule has 1 aromatic rings. The quantitative estimate of drug-likeness (QED) is 0.826. The van der Waals surface area contributed by atoms with Crippen molar-refractivity contribution in [2.24, 2.45) is 0 Å². The van der Waals surface area contributed by atoms with E-state index in [1.807, 2.05) is 0 Å². The molecule has 4 heteroatoms. The first-order valence-electron chi connectivity index (χ1n) is 5.25. The van der Waals surface area contributed by atoms with Crippen molar-refractivity contribution in [3.05, 3.63) is 34.6 Å². The Morgan fingerprint density at radius 3 is 3.00 bits per heavy atom. The first-order valence-corrected chi connectivity index (χ1v) is 6.68. The molecule has 2 rings (SSSR count). The van der Waals surface area contributed by atoms with E-state index in [1.54, 1.807) is 23.9 Å². The van der Waals surface area contributed by atoms with Crippen molar-refractivity contribution in [1.29, 1.82) is 0 Å². The van der Waals surface area contributed by atoms with E-state index >= 15 is 0 Å². The van der Waals surface area contributed by atoms with Crippen LogP contribution in [0, 0.1) is 5.82 Å². The average Bonchev–Trinajstić information content (AvgIpc) is 2.75. The molecule has 1 aliphatic heterocycles. The zero-order valence-electron chi connectivity index (χ0n) is 8.71. The Morgan fingerprint density at radius 1 is 1.56 bits per heavy atom.